The largest absolute Gasteiger partial charge is 0.496 e. The maximum atomic E-state index is 12.6. The van der Waals surface area contributed by atoms with Crippen molar-refractivity contribution >= 4 is 23.4 Å². The quantitative estimate of drug-likeness (QED) is 0.593. The molecule has 2 aromatic carbocycles. The number of allylic oxidation sites excluding steroid dienone is 2. The highest BCUT2D eigenvalue weighted by Crippen LogP contribution is 2.35. The normalized spacial score (nSPS) is 20.2. The van der Waals surface area contributed by atoms with Crippen LogP contribution in [0.5, 0.6) is 5.75 Å². The van der Waals surface area contributed by atoms with Crippen LogP contribution in [0.3, 0.4) is 0 Å². The van der Waals surface area contributed by atoms with Crippen LogP contribution in [0.2, 0.25) is 0 Å². The van der Waals surface area contributed by atoms with Gasteiger partial charge in [0.1, 0.15) is 12.3 Å². The lowest BCUT2D eigenvalue weighted by Gasteiger charge is -2.16. The van der Waals surface area contributed by atoms with Crippen LogP contribution in [0, 0.1) is 11.8 Å². The number of nitrogens with one attached hydrogen (secondary N) is 1. The molecule has 0 bridgehead atoms. The number of hydrogen-bond acceptors (Lipinski definition) is 4. The average molecular weight is 404 g/mol. The minimum Gasteiger partial charge on any atom is -0.496 e. The third kappa shape index (κ3) is 3.99. The van der Waals surface area contributed by atoms with E-state index in [-0.39, 0.29) is 36.1 Å². The van der Waals surface area contributed by atoms with E-state index < -0.39 is 0 Å². The molecule has 6 heteroatoms. The summed E-state index contributed by atoms with van der Waals surface area (Å²) in [6, 6.07) is 15.4. The van der Waals surface area contributed by atoms with Crippen molar-refractivity contribution in [3.63, 3.8) is 0 Å². The fraction of sp³-hybridized carbons (Fsp3) is 0.292. The molecule has 2 unspecified atom stereocenters. The number of benzene rings is 2. The smallest absolute Gasteiger partial charge is 0.244 e. The fourth-order valence-electron chi connectivity index (χ4n) is 4.18. The molecule has 4 rings (SSSR count). The molecule has 2 atom stereocenters. The molecule has 0 aromatic heterocycles. The first-order valence-corrected chi connectivity index (χ1v) is 10.1. The Kier molecular flexibility index (Phi) is 5.65. The van der Waals surface area contributed by atoms with Crippen LogP contribution in [0.15, 0.2) is 60.7 Å². The second-order valence-corrected chi connectivity index (χ2v) is 7.66. The third-order valence-corrected chi connectivity index (χ3v) is 5.70. The fourth-order valence-corrected chi connectivity index (χ4v) is 4.18. The van der Waals surface area contributed by atoms with E-state index in [1.54, 1.807) is 19.2 Å². The van der Waals surface area contributed by atoms with E-state index >= 15 is 0 Å². The van der Waals surface area contributed by atoms with E-state index in [2.05, 4.69) is 5.32 Å². The van der Waals surface area contributed by atoms with Crippen molar-refractivity contribution in [3.8, 4) is 5.75 Å². The second kappa shape index (κ2) is 8.53. The Balaban J connectivity index is 1.45. The SMILES string of the molecule is COc1ccc(NC(=O)CN2C(=O)C3CC=CCC3C2=O)cc1Cc1ccccc1. The van der Waals surface area contributed by atoms with Gasteiger partial charge in [0.05, 0.1) is 18.9 Å². The lowest BCUT2D eigenvalue weighted by atomic mass is 9.85. The van der Waals surface area contributed by atoms with Gasteiger partial charge in [-0.3, -0.25) is 19.3 Å². The monoisotopic (exact) mass is 404 g/mol. The van der Waals surface area contributed by atoms with E-state index in [0.717, 1.165) is 21.8 Å². The number of amides is 3. The van der Waals surface area contributed by atoms with Gasteiger partial charge in [0.15, 0.2) is 0 Å². The highest BCUT2D eigenvalue weighted by Gasteiger charge is 2.47. The summed E-state index contributed by atoms with van der Waals surface area (Å²) in [4.78, 5) is 38.8. The molecule has 1 heterocycles. The molecule has 1 aliphatic heterocycles. The van der Waals surface area contributed by atoms with Gasteiger partial charge in [0.25, 0.3) is 0 Å². The predicted octanol–water partition coefficient (Wildman–Crippen LogP) is 3.18. The van der Waals surface area contributed by atoms with Crippen molar-refractivity contribution in [1.82, 2.24) is 4.90 Å². The van der Waals surface area contributed by atoms with Gasteiger partial charge in [-0.05, 0) is 36.6 Å². The Labute approximate surface area is 175 Å². The van der Waals surface area contributed by atoms with Crippen molar-refractivity contribution in [2.75, 3.05) is 19.0 Å². The van der Waals surface area contributed by atoms with Gasteiger partial charge >= 0.3 is 0 Å². The van der Waals surface area contributed by atoms with Gasteiger partial charge < -0.3 is 10.1 Å². The van der Waals surface area contributed by atoms with E-state index in [4.69, 9.17) is 4.74 Å². The van der Waals surface area contributed by atoms with Gasteiger partial charge in [-0.2, -0.15) is 0 Å². The molecule has 1 saturated heterocycles. The van der Waals surface area contributed by atoms with Crippen molar-refractivity contribution in [2.45, 2.75) is 19.3 Å². The highest BCUT2D eigenvalue weighted by atomic mass is 16.5. The summed E-state index contributed by atoms with van der Waals surface area (Å²) in [5.41, 5.74) is 2.67. The van der Waals surface area contributed by atoms with E-state index in [0.29, 0.717) is 24.9 Å². The standard InChI is InChI=1S/C24H24N2O4/c1-30-21-12-11-18(14-17(21)13-16-7-3-2-4-8-16)25-22(27)15-26-23(28)19-9-5-6-10-20(19)24(26)29/h2-8,11-12,14,19-20H,9-10,13,15H2,1H3,(H,25,27). The maximum absolute atomic E-state index is 12.6. The summed E-state index contributed by atoms with van der Waals surface area (Å²) in [6.07, 6.45) is 5.65. The highest BCUT2D eigenvalue weighted by molar-refractivity contribution is 6.08. The van der Waals surface area contributed by atoms with Crippen LogP contribution in [0.4, 0.5) is 5.69 Å². The van der Waals surface area contributed by atoms with Crippen molar-refractivity contribution in [2.24, 2.45) is 11.8 Å². The van der Waals surface area contributed by atoms with Crippen LogP contribution < -0.4 is 10.1 Å². The maximum Gasteiger partial charge on any atom is 0.244 e. The summed E-state index contributed by atoms with van der Waals surface area (Å²) in [5, 5.41) is 2.81. The lowest BCUT2D eigenvalue weighted by molar-refractivity contribution is -0.142. The molecule has 1 N–H and O–H groups in total. The zero-order valence-electron chi connectivity index (χ0n) is 16.8. The topological polar surface area (TPSA) is 75.7 Å². The van der Waals surface area contributed by atoms with Gasteiger partial charge in [-0.1, -0.05) is 42.5 Å². The molecule has 154 valence electrons. The zero-order chi connectivity index (χ0) is 21.1. The number of carbonyl (C=O) groups excluding carboxylic acids is 3. The minimum atomic E-state index is -0.390. The molecular weight excluding hydrogens is 380 g/mol. The molecule has 2 aliphatic rings. The summed E-state index contributed by atoms with van der Waals surface area (Å²) < 4.78 is 5.45. The molecule has 1 aliphatic carbocycles. The van der Waals surface area contributed by atoms with Crippen LogP contribution in [-0.2, 0) is 20.8 Å². The van der Waals surface area contributed by atoms with Gasteiger partial charge in [0.2, 0.25) is 17.7 Å². The summed E-state index contributed by atoms with van der Waals surface area (Å²) >= 11 is 0. The number of likely N-dealkylation sites (tertiary alicyclic amines) is 1. The summed E-state index contributed by atoms with van der Waals surface area (Å²) in [6.45, 7) is -0.259. The first-order chi connectivity index (χ1) is 14.6. The second-order valence-electron chi connectivity index (χ2n) is 7.66. The number of imide groups is 1. The van der Waals surface area contributed by atoms with Crippen molar-refractivity contribution < 1.29 is 19.1 Å². The number of nitrogens with zero attached hydrogens (tertiary/aromatic N) is 1. The summed E-state index contributed by atoms with van der Waals surface area (Å²) in [5.74, 6) is -0.798. The molecule has 3 amide bonds. The van der Waals surface area contributed by atoms with E-state index in [1.165, 1.54) is 0 Å². The number of rotatable bonds is 6. The Morgan fingerprint density at radius 3 is 2.33 bits per heavy atom. The molecule has 1 fully saturated rings. The average Bonchev–Trinajstić information content (AvgIpc) is 3.00. The molecule has 0 saturated carbocycles. The predicted molar refractivity (Wildman–Crippen MR) is 113 cm³/mol. The molecule has 0 spiro atoms. The van der Waals surface area contributed by atoms with Crippen LogP contribution >= 0.6 is 0 Å². The van der Waals surface area contributed by atoms with Gasteiger partial charge in [-0.15, -0.1) is 0 Å². The van der Waals surface area contributed by atoms with Gasteiger partial charge in [0, 0.05) is 17.7 Å². The Bertz CT molecular complexity index is 974. The number of carbonyl (C=O) groups is 3. The first kappa shape index (κ1) is 19.9. The van der Waals surface area contributed by atoms with Gasteiger partial charge in [-0.25, -0.2) is 0 Å². The molecular formula is C24H24N2O4. The zero-order valence-corrected chi connectivity index (χ0v) is 16.8. The molecule has 30 heavy (non-hydrogen) atoms. The van der Waals surface area contributed by atoms with E-state index in [1.807, 2.05) is 48.6 Å². The lowest BCUT2D eigenvalue weighted by Crippen LogP contribution is -2.38. The van der Waals surface area contributed by atoms with Crippen LogP contribution in [-0.4, -0.2) is 36.3 Å². The number of fused-ring (bicyclic) bond motifs is 1. The Hall–Kier alpha value is -3.41. The minimum absolute atomic E-state index is 0.246. The number of ether oxygens (including phenoxy) is 1. The van der Waals surface area contributed by atoms with Crippen molar-refractivity contribution in [3.05, 3.63) is 71.8 Å². The first-order valence-electron chi connectivity index (χ1n) is 10.1. The Morgan fingerprint density at radius 1 is 1.03 bits per heavy atom. The molecule has 0 radical (unpaired) electrons. The number of methoxy groups -OCH3 is 1. The van der Waals surface area contributed by atoms with Crippen molar-refractivity contribution in [1.29, 1.82) is 0 Å². The third-order valence-electron chi connectivity index (χ3n) is 5.70. The molecule has 6 nitrogen and oxygen atoms in total. The number of hydrogen-bond donors (Lipinski definition) is 1. The number of anilines is 1. The van der Waals surface area contributed by atoms with Crippen LogP contribution in [0.1, 0.15) is 24.0 Å². The van der Waals surface area contributed by atoms with Crippen LogP contribution in [0.25, 0.3) is 0 Å². The Morgan fingerprint density at radius 2 is 1.70 bits per heavy atom. The van der Waals surface area contributed by atoms with E-state index in [9.17, 15) is 14.4 Å². The summed E-state index contributed by atoms with van der Waals surface area (Å²) in [7, 11) is 1.61. The molecule has 2 aromatic rings.